The van der Waals surface area contributed by atoms with Crippen molar-refractivity contribution in [2.45, 2.75) is 44.9 Å². The maximum absolute atomic E-state index is 11.7. The summed E-state index contributed by atoms with van der Waals surface area (Å²) in [5, 5.41) is 9.53. The van der Waals surface area contributed by atoms with Gasteiger partial charge in [0, 0.05) is 12.8 Å². The fourth-order valence-corrected chi connectivity index (χ4v) is 3.53. The second-order valence-electron chi connectivity index (χ2n) is 5.83. The van der Waals surface area contributed by atoms with Crippen molar-refractivity contribution in [2.24, 2.45) is 5.41 Å². The van der Waals surface area contributed by atoms with Gasteiger partial charge in [-0.25, -0.2) is 0 Å². The number of ketones is 1. The minimum atomic E-state index is 0.290. The van der Waals surface area contributed by atoms with E-state index in [-0.39, 0.29) is 5.41 Å². The number of Topliss-reactive ketones (excluding diaryl/α,β-unsaturated/α-hetero) is 1. The van der Waals surface area contributed by atoms with Crippen LogP contribution < -0.4 is 0 Å². The van der Waals surface area contributed by atoms with Gasteiger partial charge in [-0.1, -0.05) is 13.0 Å². The minimum Gasteiger partial charge on any atom is -0.508 e. The highest BCUT2D eigenvalue weighted by Gasteiger charge is 2.43. The third-order valence-corrected chi connectivity index (χ3v) is 4.72. The molecule has 2 heteroatoms. The standard InChI is InChI=1S/C15H18O2/c1-15-6-4-10-8-11(16)2-3-13(10)14(15)9-12(17)5-7-15/h2-3,8,14,16H,4-7,9H2,1H3/t14-,15-/m1/s1. The van der Waals surface area contributed by atoms with E-state index in [0.717, 1.165) is 25.7 Å². The second-order valence-corrected chi connectivity index (χ2v) is 5.83. The molecule has 17 heavy (non-hydrogen) atoms. The number of hydrogen-bond donors (Lipinski definition) is 1. The number of carbonyl (C=O) groups is 1. The maximum Gasteiger partial charge on any atom is 0.133 e. The summed E-state index contributed by atoms with van der Waals surface area (Å²) < 4.78 is 0. The number of aromatic hydroxyl groups is 1. The zero-order chi connectivity index (χ0) is 12.0. The van der Waals surface area contributed by atoms with Crippen molar-refractivity contribution < 1.29 is 9.90 Å². The van der Waals surface area contributed by atoms with Crippen molar-refractivity contribution in [3.63, 3.8) is 0 Å². The summed E-state index contributed by atoms with van der Waals surface area (Å²) in [4.78, 5) is 11.7. The van der Waals surface area contributed by atoms with Crippen LogP contribution in [0.2, 0.25) is 0 Å². The summed E-state index contributed by atoms with van der Waals surface area (Å²) >= 11 is 0. The van der Waals surface area contributed by atoms with Gasteiger partial charge < -0.3 is 5.11 Å². The van der Waals surface area contributed by atoms with Gasteiger partial charge in [-0.05, 0) is 53.9 Å². The Morgan fingerprint density at radius 1 is 1.29 bits per heavy atom. The van der Waals surface area contributed by atoms with Gasteiger partial charge in [-0.15, -0.1) is 0 Å². The molecule has 0 heterocycles. The Labute approximate surface area is 102 Å². The first kappa shape index (κ1) is 10.8. The molecule has 0 aromatic heterocycles. The third kappa shape index (κ3) is 1.67. The Bertz CT molecular complexity index is 478. The number of phenols is 1. The zero-order valence-corrected chi connectivity index (χ0v) is 10.2. The monoisotopic (exact) mass is 230 g/mol. The molecule has 1 fully saturated rings. The Morgan fingerprint density at radius 3 is 2.88 bits per heavy atom. The molecule has 2 nitrogen and oxygen atoms in total. The lowest BCUT2D eigenvalue weighted by molar-refractivity contribution is -0.123. The van der Waals surface area contributed by atoms with Crippen LogP contribution in [0.1, 0.15) is 49.7 Å². The van der Waals surface area contributed by atoms with Gasteiger partial charge in [0.15, 0.2) is 0 Å². The Hall–Kier alpha value is -1.31. The summed E-state index contributed by atoms with van der Waals surface area (Å²) in [5.41, 5.74) is 2.82. The third-order valence-electron chi connectivity index (χ3n) is 4.72. The van der Waals surface area contributed by atoms with E-state index in [1.165, 1.54) is 11.1 Å². The molecule has 0 bridgehead atoms. The maximum atomic E-state index is 11.7. The lowest BCUT2D eigenvalue weighted by atomic mass is 9.58. The molecule has 1 N–H and O–H groups in total. The Balaban J connectivity index is 2.06. The summed E-state index contributed by atoms with van der Waals surface area (Å²) in [7, 11) is 0. The molecule has 0 spiro atoms. The lowest BCUT2D eigenvalue weighted by Gasteiger charge is -2.45. The molecule has 2 aliphatic rings. The number of carbonyl (C=O) groups excluding carboxylic acids is 1. The first-order chi connectivity index (χ1) is 8.08. The van der Waals surface area contributed by atoms with Gasteiger partial charge >= 0.3 is 0 Å². The largest absolute Gasteiger partial charge is 0.508 e. The number of rotatable bonds is 0. The predicted molar refractivity (Wildman–Crippen MR) is 66.1 cm³/mol. The number of benzene rings is 1. The molecular formula is C15H18O2. The van der Waals surface area contributed by atoms with E-state index in [9.17, 15) is 9.90 Å². The summed E-state index contributed by atoms with van der Waals surface area (Å²) in [6, 6.07) is 5.64. The van der Waals surface area contributed by atoms with Crippen LogP contribution in [0, 0.1) is 5.41 Å². The number of fused-ring (bicyclic) bond motifs is 3. The summed E-state index contributed by atoms with van der Waals surface area (Å²) in [5.74, 6) is 1.11. The van der Waals surface area contributed by atoms with Crippen LogP contribution >= 0.6 is 0 Å². The van der Waals surface area contributed by atoms with E-state index in [4.69, 9.17) is 0 Å². The highest BCUT2D eigenvalue weighted by molar-refractivity contribution is 5.80. The quantitative estimate of drug-likeness (QED) is 0.743. The second kappa shape index (κ2) is 3.59. The molecule has 0 amide bonds. The number of phenolic OH excluding ortho intramolecular Hbond substituents is 1. The van der Waals surface area contributed by atoms with E-state index in [2.05, 4.69) is 6.92 Å². The van der Waals surface area contributed by atoms with Crippen molar-refractivity contribution in [3.05, 3.63) is 29.3 Å². The average Bonchev–Trinajstić information content (AvgIpc) is 2.30. The Morgan fingerprint density at radius 2 is 2.06 bits per heavy atom. The fraction of sp³-hybridized carbons (Fsp3) is 0.533. The van der Waals surface area contributed by atoms with E-state index in [1.54, 1.807) is 6.07 Å². The molecule has 1 aromatic carbocycles. The van der Waals surface area contributed by atoms with Crippen molar-refractivity contribution in [2.75, 3.05) is 0 Å². The van der Waals surface area contributed by atoms with Crippen molar-refractivity contribution in [1.82, 2.24) is 0 Å². The highest BCUT2D eigenvalue weighted by atomic mass is 16.3. The van der Waals surface area contributed by atoms with Gasteiger partial charge in [0.1, 0.15) is 11.5 Å². The first-order valence-corrected chi connectivity index (χ1v) is 6.42. The summed E-state index contributed by atoms with van der Waals surface area (Å²) in [6.07, 6.45) is 4.64. The van der Waals surface area contributed by atoms with Crippen LogP contribution in [0.3, 0.4) is 0 Å². The van der Waals surface area contributed by atoms with Crippen molar-refractivity contribution in [3.8, 4) is 5.75 Å². The van der Waals surface area contributed by atoms with Gasteiger partial charge in [-0.3, -0.25) is 4.79 Å². The van der Waals surface area contributed by atoms with Gasteiger partial charge in [0.25, 0.3) is 0 Å². The van der Waals surface area contributed by atoms with Gasteiger partial charge in [0.05, 0.1) is 0 Å². The molecule has 3 rings (SSSR count). The first-order valence-electron chi connectivity index (χ1n) is 6.42. The van der Waals surface area contributed by atoms with Crippen LogP contribution in [0.5, 0.6) is 5.75 Å². The molecule has 90 valence electrons. The van der Waals surface area contributed by atoms with Crippen molar-refractivity contribution >= 4 is 5.78 Å². The topological polar surface area (TPSA) is 37.3 Å². The molecule has 0 aliphatic heterocycles. The van der Waals surface area contributed by atoms with E-state index in [1.807, 2.05) is 12.1 Å². The van der Waals surface area contributed by atoms with Crippen LogP contribution in [-0.2, 0) is 11.2 Å². The van der Waals surface area contributed by atoms with Gasteiger partial charge in [-0.2, -0.15) is 0 Å². The molecule has 0 radical (unpaired) electrons. The van der Waals surface area contributed by atoms with Gasteiger partial charge in [0.2, 0.25) is 0 Å². The lowest BCUT2D eigenvalue weighted by Crippen LogP contribution is -2.36. The predicted octanol–water partition coefficient (Wildman–Crippen LogP) is 3.18. The number of hydrogen-bond acceptors (Lipinski definition) is 2. The highest BCUT2D eigenvalue weighted by Crippen LogP contribution is 2.53. The molecular weight excluding hydrogens is 212 g/mol. The normalized spacial score (nSPS) is 31.8. The number of aryl methyl sites for hydroxylation is 1. The molecule has 0 unspecified atom stereocenters. The average molecular weight is 230 g/mol. The minimum absolute atomic E-state index is 0.290. The fourth-order valence-electron chi connectivity index (χ4n) is 3.53. The Kier molecular flexibility index (Phi) is 2.29. The summed E-state index contributed by atoms with van der Waals surface area (Å²) in [6.45, 7) is 2.32. The SMILES string of the molecule is C[C@@]12CCC(=O)C[C@@H]1c1ccc(O)cc1CC2. The van der Waals surface area contributed by atoms with Crippen LogP contribution in [-0.4, -0.2) is 10.9 Å². The molecule has 2 atom stereocenters. The van der Waals surface area contributed by atoms with Crippen LogP contribution in [0.25, 0.3) is 0 Å². The smallest absolute Gasteiger partial charge is 0.133 e. The molecule has 1 saturated carbocycles. The zero-order valence-electron chi connectivity index (χ0n) is 10.2. The van der Waals surface area contributed by atoms with E-state index < -0.39 is 0 Å². The van der Waals surface area contributed by atoms with E-state index in [0.29, 0.717) is 23.9 Å². The van der Waals surface area contributed by atoms with Crippen LogP contribution in [0.4, 0.5) is 0 Å². The molecule has 2 aliphatic carbocycles. The molecule has 1 aromatic rings. The van der Waals surface area contributed by atoms with E-state index >= 15 is 0 Å². The molecule has 0 saturated heterocycles. The van der Waals surface area contributed by atoms with Crippen molar-refractivity contribution in [1.29, 1.82) is 0 Å². The van der Waals surface area contributed by atoms with Crippen LogP contribution in [0.15, 0.2) is 18.2 Å².